The molecule has 3 aliphatic rings. The van der Waals surface area contributed by atoms with Crippen molar-refractivity contribution in [3.8, 4) is 28.3 Å². The molecule has 1 atom stereocenters. The number of nitrogens with zero attached hydrogens (tertiary/aromatic N) is 6. The largest absolute Gasteiger partial charge is 0.353 e. The highest BCUT2D eigenvalue weighted by atomic mass is 19.1. The van der Waals surface area contributed by atoms with E-state index in [1.807, 2.05) is 12.3 Å². The molecule has 43 heavy (non-hydrogen) atoms. The van der Waals surface area contributed by atoms with E-state index in [2.05, 4.69) is 39.0 Å². The van der Waals surface area contributed by atoms with Crippen molar-refractivity contribution in [3.63, 3.8) is 0 Å². The molecule has 1 aromatic carbocycles. The fraction of sp³-hybridized carbons (Fsp3) is 0.412. The number of aromatic nitrogens is 6. The lowest BCUT2D eigenvalue weighted by molar-refractivity contribution is 0.175. The fourth-order valence-electron chi connectivity index (χ4n) is 6.84. The molecule has 0 amide bonds. The molecule has 0 bridgehead atoms. The second-order valence-electron chi connectivity index (χ2n) is 12.9. The molecule has 2 saturated carbocycles. The SMILES string of the molecule is C[C@H]1CCCN(Cc2cc3c(C4CC4)cn(-c4cc(-c5ccc(F)cc5-c5ncnn5C)cc(C5CC5)n4)c(=O)c3[nH]2)C1. The normalized spacial score (nSPS) is 19.4. The maximum absolute atomic E-state index is 14.5. The molecule has 8 nitrogen and oxygen atoms in total. The van der Waals surface area contributed by atoms with Gasteiger partial charge in [-0.25, -0.2) is 19.0 Å². The zero-order valence-electron chi connectivity index (χ0n) is 24.7. The summed E-state index contributed by atoms with van der Waals surface area (Å²) in [4.78, 5) is 29.7. The number of hydrogen-bond donors (Lipinski definition) is 1. The number of aromatic amines is 1. The summed E-state index contributed by atoms with van der Waals surface area (Å²) >= 11 is 0. The predicted molar refractivity (Wildman–Crippen MR) is 165 cm³/mol. The maximum atomic E-state index is 14.5. The Balaban J connectivity index is 1.27. The minimum atomic E-state index is -0.337. The lowest BCUT2D eigenvalue weighted by atomic mass is 9.98. The molecule has 1 N–H and O–H groups in total. The van der Waals surface area contributed by atoms with E-state index in [0.29, 0.717) is 40.5 Å². The second kappa shape index (κ2) is 10.3. The number of H-pyrrole nitrogens is 1. The van der Waals surface area contributed by atoms with Crippen LogP contribution >= 0.6 is 0 Å². The van der Waals surface area contributed by atoms with Crippen LogP contribution < -0.4 is 5.56 Å². The van der Waals surface area contributed by atoms with Crippen molar-refractivity contribution < 1.29 is 4.39 Å². The van der Waals surface area contributed by atoms with Gasteiger partial charge < -0.3 is 4.98 Å². The molecule has 9 heteroatoms. The van der Waals surface area contributed by atoms with E-state index in [-0.39, 0.29) is 11.4 Å². The molecule has 1 saturated heterocycles. The number of rotatable bonds is 7. The molecule has 0 radical (unpaired) electrons. The first-order chi connectivity index (χ1) is 20.9. The second-order valence-corrected chi connectivity index (χ2v) is 12.9. The Labute approximate surface area is 249 Å². The Morgan fingerprint density at radius 1 is 1.02 bits per heavy atom. The van der Waals surface area contributed by atoms with Gasteiger partial charge in [0.25, 0.3) is 5.56 Å². The lowest BCUT2D eigenvalue weighted by Gasteiger charge is -2.30. The number of nitrogens with one attached hydrogen (secondary N) is 1. The van der Waals surface area contributed by atoms with Crippen LogP contribution in [0.25, 0.3) is 39.2 Å². The van der Waals surface area contributed by atoms with Gasteiger partial charge in [-0.2, -0.15) is 5.10 Å². The summed E-state index contributed by atoms with van der Waals surface area (Å²) in [6.07, 6.45) is 10.4. The molecule has 0 unspecified atom stereocenters. The smallest absolute Gasteiger partial charge is 0.280 e. The van der Waals surface area contributed by atoms with E-state index in [1.165, 1.54) is 36.9 Å². The number of hydrogen-bond acceptors (Lipinski definition) is 5. The Morgan fingerprint density at radius 3 is 2.60 bits per heavy atom. The Morgan fingerprint density at radius 2 is 1.86 bits per heavy atom. The molecule has 3 fully saturated rings. The third-order valence-corrected chi connectivity index (χ3v) is 9.36. The van der Waals surface area contributed by atoms with Crippen LogP contribution in [0.1, 0.15) is 74.2 Å². The summed E-state index contributed by atoms with van der Waals surface area (Å²) < 4.78 is 17.9. The molecule has 5 heterocycles. The first-order valence-corrected chi connectivity index (χ1v) is 15.6. The van der Waals surface area contributed by atoms with Gasteiger partial charge in [0.05, 0.1) is 0 Å². The summed E-state index contributed by atoms with van der Waals surface area (Å²) in [5.41, 5.74) is 6.22. The van der Waals surface area contributed by atoms with Gasteiger partial charge in [-0.1, -0.05) is 13.0 Å². The van der Waals surface area contributed by atoms with Crippen LogP contribution in [-0.2, 0) is 13.6 Å². The van der Waals surface area contributed by atoms with Crippen LogP contribution in [0.4, 0.5) is 4.39 Å². The summed E-state index contributed by atoms with van der Waals surface area (Å²) in [6, 6.07) is 11.0. The van der Waals surface area contributed by atoms with Gasteiger partial charge >= 0.3 is 0 Å². The highest BCUT2D eigenvalue weighted by Crippen LogP contribution is 2.44. The quantitative estimate of drug-likeness (QED) is 0.245. The number of pyridine rings is 2. The van der Waals surface area contributed by atoms with Crippen molar-refractivity contribution in [1.29, 1.82) is 0 Å². The highest BCUT2D eigenvalue weighted by Gasteiger charge is 2.30. The van der Waals surface area contributed by atoms with Crippen molar-refractivity contribution in [2.75, 3.05) is 13.1 Å². The van der Waals surface area contributed by atoms with Crippen molar-refractivity contribution in [3.05, 3.63) is 82.0 Å². The first kappa shape index (κ1) is 26.5. The third-order valence-electron chi connectivity index (χ3n) is 9.36. The summed E-state index contributed by atoms with van der Waals surface area (Å²) in [7, 11) is 1.80. The molecular formula is C34H36FN7O. The van der Waals surface area contributed by atoms with Gasteiger partial charge in [-0.15, -0.1) is 0 Å². The summed E-state index contributed by atoms with van der Waals surface area (Å²) in [5, 5.41) is 5.26. The molecule has 2 aliphatic carbocycles. The van der Waals surface area contributed by atoms with Gasteiger partial charge in [0.1, 0.15) is 23.5 Å². The molecule has 220 valence electrons. The predicted octanol–water partition coefficient (Wildman–Crippen LogP) is 6.30. The average Bonchev–Trinajstić information content (AvgIpc) is 3.93. The first-order valence-electron chi connectivity index (χ1n) is 15.6. The van der Waals surface area contributed by atoms with Gasteiger partial charge in [0.2, 0.25) is 0 Å². The summed E-state index contributed by atoms with van der Waals surface area (Å²) in [6.45, 7) is 5.34. The Bertz CT molecular complexity index is 1910. The topological polar surface area (TPSA) is 84.6 Å². The van der Waals surface area contributed by atoms with E-state index >= 15 is 0 Å². The van der Waals surface area contributed by atoms with Crippen LogP contribution in [0.2, 0.25) is 0 Å². The van der Waals surface area contributed by atoms with Gasteiger partial charge in [0, 0.05) is 54.6 Å². The Hall–Kier alpha value is -4.11. The van der Waals surface area contributed by atoms with E-state index in [9.17, 15) is 9.18 Å². The van der Waals surface area contributed by atoms with Gasteiger partial charge in [-0.3, -0.25) is 14.3 Å². The Kier molecular flexibility index (Phi) is 6.33. The number of fused-ring (bicyclic) bond motifs is 1. The highest BCUT2D eigenvalue weighted by molar-refractivity contribution is 5.85. The number of aryl methyl sites for hydroxylation is 1. The maximum Gasteiger partial charge on any atom is 0.280 e. The van der Waals surface area contributed by atoms with Crippen LogP contribution in [-0.4, -0.2) is 47.3 Å². The molecule has 1 aliphatic heterocycles. The minimum Gasteiger partial charge on any atom is -0.353 e. The standard InChI is InChI=1S/C34H36FN7O/c1-20-4-3-11-41(16-20)17-25-15-27-29(21-5-6-21)18-42(34(43)32(27)38-25)31-13-23(12-30(39-31)22-7-8-22)26-10-9-24(35)14-28(26)33-36-19-37-40(33)2/h9-10,12-15,18-22,38H,3-8,11,16-17H2,1-2H3/t20-/m0/s1. The average molecular weight is 578 g/mol. The van der Waals surface area contributed by atoms with E-state index in [1.54, 1.807) is 22.4 Å². The van der Waals surface area contributed by atoms with Crippen molar-refractivity contribution >= 4 is 10.9 Å². The number of piperidine rings is 1. The van der Waals surface area contributed by atoms with Crippen LogP contribution in [0.15, 0.2) is 53.7 Å². The van der Waals surface area contributed by atoms with Crippen molar-refractivity contribution in [2.45, 2.75) is 63.8 Å². The van der Waals surface area contributed by atoms with E-state index in [4.69, 9.17) is 4.98 Å². The monoisotopic (exact) mass is 577 g/mol. The number of halogens is 1. The van der Waals surface area contributed by atoms with Crippen LogP contribution in [0, 0.1) is 11.7 Å². The van der Waals surface area contributed by atoms with Crippen LogP contribution in [0.3, 0.4) is 0 Å². The number of benzene rings is 1. The van der Waals surface area contributed by atoms with Gasteiger partial charge in [0.15, 0.2) is 5.82 Å². The van der Waals surface area contributed by atoms with Crippen LogP contribution in [0.5, 0.6) is 0 Å². The zero-order chi connectivity index (χ0) is 29.2. The molecular weight excluding hydrogens is 541 g/mol. The van der Waals surface area contributed by atoms with Crippen molar-refractivity contribution in [2.24, 2.45) is 13.0 Å². The zero-order valence-corrected chi connectivity index (χ0v) is 24.7. The fourth-order valence-corrected chi connectivity index (χ4v) is 6.84. The van der Waals surface area contributed by atoms with Gasteiger partial charge in [-0.05, 0) is 104 Å². The molecule has 8 rings (SSSR count). The van der Waals surface area contributed by atoms with E-state index in [0.717, 1.165) is 73.2 Å². The minimum absolute atomic E-state index is 0.0864. The molecule has 5 aromatic rings. The lowest BCUT2D eigenvalue weighted by Crippen LogP contribution is -2.33. The summed E-state index contributed by atoms with van der Waals surface area (Å²) in [5.74, 6) is 2.37. The molecule has 4 aromatic heterocycles. The third kappa shape index (κ3) is 4.99. The van der Waals surface area contributed by atoms with Crippen molar-refractivity contribution in [1.82, 2.24) is 34.2 Å². The number of likely N-dealkylation sites (tertiary alicyclic amines) is 1. The van der Waals surface area contributed by atoms with E-state index < -0.39 is 0 Å². The molecule has 0 spiro atoms.